The summed E-state index contributed by atoms with van der Waals surface area (Å²) >= 11 is 0. The molecule has 1 rings (SSSR count). The van der Waals surface area contributed by atoms with Crippen LogP contribution in [0.3, 0.4) is 0 Å². The molecule has 114 valence electrons. The third-order valence-electron chi connectivity index (χ3n) is 3.46. The van der Waals surface area contributed by atoms with Crippen LogP contribution < -0.4 is 15.8 Å². The first-order chi connectivity index (χ1) is 10.1. The number of primary amides is 1. The van der Waals surface area contributed by atoms with Crippen LogP contribution in [-0.4, -0.2) is 26.1 Å². The van der Waals surface area contributed by atoms with Gasteiger partial charge in [0.25, 0.3) is 0 Å². The van der Waals surface area contributed by atoms with Crippen molar-refractivity contribution in [3.8, 4) is 5.75 Å². The van der Waals surface area contributed by atoms with E-state index in [4.69, 9.17) is 16.0 Å². The van der Waals surface area contributed by atoms with Gasteiger partial charge in [0.05, 0.1) is 7.11 Å². The highest BCUT2D eigenvalue weighted by atomic mass is 16.5. The number of carbonyl (C=O) groups excluding carboxylic acids is 1. The molecule has 21 heavy (non-hydrogen) atoms. The van der Waals surface area contributed by atoms with Gasteiger partial charge in [0, 0.05) is 11.5 Å². The number of nitrogens with one attached hydrogen (secondary N) is 1. The summed E-state index contributed by atoms with van der Waals surface area (Å²) in [5, 5.41) is 6.66. The molecule has 0 radical (unpaired) electrons. The second-order valence-corrected chi connectivity index (χ2v) is 4.59. The first-order valence-electron chi connectivity index (χ1n) is 6.81. The van der Waals surface area contributed by atoms with Crippen LogP contribution in [0.5, 0.6) is 5.75 Å². The summed E-state index contributed by atoms with van der Waals surface area (Å²) in [6.07, 6.45) is 1.16. The lowest BCUT2D eigenvalue weighted by atomic mass is 9.86. The van der Waals surface area contributed by atoms with Crippen LogP contribution in [0.1, 0.15) is 25.3 Å². The molecule has 1 aromatic carbocycles. The second-order valence-electron chi connectivity index (χ2n) is 4.59. The Labute approximate surface area is 124 Å². The van der Waals surface area contributed by atoms with E-state index in [0.29, 0.717) is 25.9 Å². The van der Waals surface area contributed by atoms with E-state index in [1.807, 2.05) is 19.1 Å². The van der Waals surface area contributed by atoms with E-state index in [1.54, 1.807) is 19.2 Å². The summed E-state index contributed by atoms with van der Waals surface area (Å²) in [5.41, 5.74) is 13.7. The smallest absolute Gasteiger partial charge is 0.242 e. The maximum Gasteiger partial charge on any atom is 0.242 e. The number of methoxy groups -OCH3 is 1. The van der Waals surface area contributed by atoms with E-state index in [0.717, 1.165) is 11.3 Å². The normalized spacial score (nSPS) is 13.0. The van der Waals surface area contributed by atoms with Crippen molar-refractivity contribution < 1.29 is 9.53 Å². The number of amides is 1. The average Bonchev–Trinajstić information content (AvgIpc) is 2.51. The molecule has 7 nitrogen and oxygen atoms in total. The van der Waals surface area contributed by atoms with Crippen molar-refractivity contribution in [1.29, 1.82) is 0 Å². The van der Waals surface area contributed by atoms with Gasteiger partial charge in [-0.15, -0.1) is 0 Å². The molecule has 0 aliphatic heterocycles. The lowest BCUT2D eigenvalue weighted by molar-refractivity contribution is -0.125. The Kier molecular flexibility index (Phi) is 6.52. The molecule has 0 saturated heterocycles. The Balaban J connectivity index is 2.91. The van der Waals surface area contributed by atoms with Gasteiger partial charge in [-0.3, -0.25) is 10.1 Å². The molecule has 0 aromatic heterocycles. The molecule has 1 atom stereocenters. The van der Waals surface area contributed by atoms with Gasteiger partial charge in [0.2, 0.25) is 5.91 Å². The largest absolute Gasteiger partial charge is 0.497 e. The molecule has 0 aliphatic rings. The van der Waals surface area contributed by atoms with Crippen LogP contribution in [0.15, 0.2) is 29.4 Å². The number of nitrogens with two attached hydrogens (primary N) is 1. The summed E-state index contributed by atoms with van der Waals surface area (Å²) in [7, 11) is 1.59. The van der Waals surface area contributed by atoms with Crippen molar-refractivity contribution in [1.82, 2.24) is 5.32 Å². The van der Waals surface area contributed by atoms with Gasteiger partial charge in [-0.05, 0) is 42.6 Å². The molecule has 0 heterocycles. The van der Waals surface area contributed by atoms with Crippen LogP contribution in [0.4, 0.5) is 0 Å². The Morgan fingerprint density at radius 1 is 1.48 bits per heavy atom. The molecule has 0 bridgehead atoms. The Bertz CT molecular complexity index is 511. The lowest BCUT2D eigenvalue weighted by Crippen LogP contribution is -2.52. The van der Waals surface area contributed by atoms with Crippen molar-refractivity contribution in [2.45, 2.75) is 25.3 Å². The highest BCUT2D eigenvalue weighted by molar-refractivity contribution is 5.86. The number of azide groups is 1. The number of hydrogen-bond acceptors (Lipinski definition) is 4. The summed E-state index contributed by atoms with van der Waals surface area (Å²) in [4.78, 5) is 14.7. The first-order valence-corrected chi connectivity index (χ1v) is 6.81. The molecular formula is C14H21N5O2. The van der Waals surface area contributed by atoms with Crippen molar-refractivity contribution in [3.63, 3.8) is 0 Å². The summed E-state index contributed by atoms with van der Waals surface area (Å²) < 4.78 is 5.12. The van der Waals surface area contributed by atoms with Crippen molar-refractivity contribution >= 4 is 5.91 Å². The highest BCUT2D eigenvalue weighted by Crippen LogP contribution is 2.26. The number of benzene rings is 1. The maximum atomic E-state index is 12.0. The SMILES string of the molecule is CCC(NCCCN=[N+]=[N-])(C(N)=O)c1ccc(OC)cc1. The molecule has 0 fully saturated rings. The van der Waals surface area contributed by atoms with Gasteiger partial charge < -0.3 is 10.5 Å². The van der Waals surface area contributed by atoms with Gasteiger partial charge in [-0.1, -0.05) is 24.2 Å². The molecule has 0 aliphatic carbocycles. The Morgan fingerprint density at radius 3 is 2.62 bits per heavy atom. The Hall–Kier alpha value is -2.24. The molecule has 1 amide bonds. The number of carbonyl (C=O) groups is 1. The molecule has 7 heteroatoms. The predicted molar refractivity (Wildman–Crippen MR) is 80.8 cm³/mol. The summed E-state index contributed by atoms with van der Waals surface area (Å²) in [5.74, 6) is 0.288. The quantitative estimate of drug-likeness (QED) is 0.314. The first kappa shape index (κ1) is 16.8. The summed E-state index contributed by atoms with van der Waals surface area (Å²) in [6, 6.07) is 7.25. The molecule has 0 saturated carbocycles. The highest BCUT2D eigenvalue weighted by Gasteiger charge is 2.35. The summed E-state index contributed by atoms with van der Waals surface area (Å²) in [6.45, 7) is 2.81. The fourth-order valence-corrected chi connectivity index (χ4v) is 2.21. The Morgan fingerprint density at radius 2 is 2.14 bits per heavy atom. The van der Waals surface area contributed by atoms with E-state index < -0.39 is 11.4 Å². The zero-order valence-corrected chi connectivity index (χ0v) is 12.4. The predicted octanol–water partition coefficient (Wildman–Crippen LogP) is 2.08. The average molecular weight is 291 g/mol. The molecule has 0 spiro atoms. The van der Waals surface area contributed by atoms with Gasteiger partial charge in [0.1, 0.15) is 11.3 Å². The number of rotatable bonds is 9. The van der Waals surface area contributed by atoms with Gasteiger partial charge in [0.15, 0.2) is 0 Å². The monoisotopic (exact) mass is 291 g/mol. The number of nitrogens with zero attached hydrogens (tertiary/aromatic N) is 3. The van der Waals surface area contributed by atoms with Gasteiger partial charge in [-0.25, -0.2) is 0 Å². The lowest BCUT2D eigenvalue weighted by Gasteiger charge is -2.31. The second kappa shape index (κ2) is 8.14. The van der Waals surface area contributed by atoms with E-state index in [-0.39, 0.29) is 0 Å². The minimum atomic E-state index is -0.928. The van der Waals surface area contributed by atoms with Crippen molar-refractivity contribution in [2.75, 3.05) is 20.2 Å². The molecule has 3 N–H and O–H groups in total. The number of ether oxygens (including phenoxy) is 1. The zero-order valence-electron chi connectivity index (χ0n) is 12.4. The van der Waals surface area contributed by atoms with E-state index in [2.05, 4.69) is 15.3 Å². The minimum absolute atomic E-state index is 0.380. The third-order valence-corrected chi connectivity index (χ3v) is 3.46. The zero-order chi connectivity index (χ0) is 15.7. The van der Waals surface area contributed by atoms with Crippen LogP contribution in [0.25, 0.3) is 10.4 Å². The third kappa shape index (κ3) is 4.11. The van der Waals surface area contributed by atoms with E-state index in [9.17, 15) is 4.79 Å². The fraction of sp³-hybridized carbons (Fsp3) is 0.500. The topological polar surface area (TPSA) is 113 Å². The molecule has 1 unspecified atom stereocenters. The van der Waals surface area contributed by atoms with E-state index in [1.165, 1.54) is 0 Å². The van der Waals surface area contributed by atoms with E-state index >= 15 is 0 Å². The van der Waals surface area contributed by atoms with Crippen molar-refractivity contribution in [2.24, 2.45) is 10.8 Å². The van der Waals surface area contributed by atoms with Crippen LogP contribution in [0.2, 0.25) is 0 Å². The minimum Gasteiger partial charge on any atom is -0.497 e. The van der Waals surface area contributed by atoms with Gasteiger partial charge in [-0.2, -0.15) is 0 Å². The maximum absolute atomic E-state index is 12.0. The standard InChI is InChI=1S/C14H21N5O2/c1-3-14(13(15)20,17-9-4-10-18-19-16)11-5-7-12(21-2)8-6-11/h5-8,17H,3-4,9-10H2,1-2H3,(H2,15,20). The van der Waals surface area contributed by atoms with Gasteiger partial charge >= 0.3 is 0 Å². The molecular weight excluding hydrogens is 270 g/mol. The van der Waals surface area contributed by atoms with Crippen LogP contribution in [0, 0.1) is 0 Å². The fourth-order valence-electron chi connectivity index (χ4n) is 2.21. The van der Waals surface area contributed by atoms with Crippen LogP contribution >= 0.6 is 0 Å². The van der Waals surface area contributed by atoms with Crippen LogP contribution in [-0.2, 0) is 10.3 Å². The van der Waals surface area contributed by atoms with Crippen molar-refractivity contribution in [3.05, 3.63) is 40.3 Å². The molecule has 1 aromatic rings. The number of hydrogen-bond donors (Lipinski definition) is 2.